The number of rotatable bonds is 4. The standard InChI is InChI=1S/C13H14ClN3O2/c1-9-8-17(13(19)16-12(9)18)7-6-15-11-5-3-2-4-10(11)14/h2-5,8,15H,6-7H2,1H3,(H,16,18,19). The van der Waals surface area contributed by atoms with Gasteiger partial charge in [-0.2, -0.15) is 0 Å². The van der Waals surface area contributed by atoms with Gasteiger partial charge in [-0.25, -0.2) is 4.79 Å². The number of nitrogens with one attached hydrogen (secondary N) is 2. The lowest BCUT2D eigenvalue weighted by atomic mass is 10.3. The number of para-hydroxylation sites is 1. The highest BCUT2D eigenvalue weighted by Crippen LogP contribution is 2.19. The van der Waals surface area contributed by atoms with Crippen molar-refractivity contribution in [2.45, 2.75) is 13.5 Å². The number of benzene rings is 1. The fourth-order valence-corrected chi connectivity index (χ4v) is 1.90. The molecule has 0 saturated heterocycles. The third kappa shape index (κ3) is 3.26. The van der Waals surface area contributed by atoms with Gasteiger partial charge < -0.3 is 5.32 Å². The van der Waals surface area contributed by atoms with Crippen LogP contribution in [0.4, 0.5) is 5.69 Å². The molecule has 0 aliphatic carbocycles. The molecule has 0 radical (unpaired) electrons. The zero-order valence-electron chi connectivity index (χ0n) is 10.4. The smallest absolute Gasteiger partial charge is 0.328 e. The molecular formula is C13H14ClN3O2. The Morgan fingerprint density at radius 1 is 1.32 bits per heavy atom. The molecule has 0 aliphatic rings. The number of aromatic nitrogens is 2. The van der Waals surface area contributed by atoms with E-state index in [1.54, 1.807) is 19.2 Å². The molecule has 0 fully saturated rings. The van der Waals surface area contributed by atoms with Crippen LogP contribution in [0.5, 0.6) is 0 Å². The minimum Gasteiger partial charge on any atom is -0.382 e. The summed E-state index contributed by atoms with van der Waals surface area (Å²) in [5.41, 5.74) is 0.576. The quantitative estimate of drug-likeness (QED) is 0.893. The van der Waals surface area contributed by atoms with Gasteiger partial charge in [0.2, 0.25) is 0 Å². The van der Waals surface area contributed by atoms with Crippen molar-refractivity contribution in [1.29, 1.82) is 0 Å². The summed E-state index contributed by atoms with van der Waals surface area (Å²) in [6.45, 7) is 2.65. The molecule has 0 unspecified atom stereocenters. The minimum atomic E-state index is -0.406. The molecule has 0 aliphatic heterocycles. The Hall–Kier alpha value is -2.01. The molecule has 2 rings (SSSR count). The third-order valence-corrected chi connectivity index (χ3v) is 3.06. The van der Waals surface area contributed by atoms with Crippen LogP contribution in [-0.2, 0) is 6.54 Å². The Balaban J connectivity index is 2.04. The van der Waals surface area contributed by atoms with Gasteiger partial charge in [0.15, 0.2) is 0 Å². The summed E-state index contributed by atoms with van der Waals surface area (Å²) in [7, 11) is 0. The molecule has 19 heavy (non-hydrogen) atoms. The van der Waals surface area contributed by atoms with E-state index >= 15 is 0 Å². The Morgan fingerprint density at radius 3 is 2.79 bits per heavy atom. The maximum atomic E-state index is 11.6. The molecule has 0 bridgehead atoms. The molecular weight excluding hydrogens is 266 g/mol. The fourth-order valence-electron chi connectivity index (χ4n) is 1.70. The molecule has 6 heteroatoms. The van der Waals surface area contributed by atoms with Crippen molar-refractivity contribution in [3.63, 3.8) is 0 Å². The van der Waals surface area contributed by atoms with Gasteiger partial charge in [0.1, 0.15) is 0 Å². The highest BCUT2D eigenvalue weighted by molar-refractivity contribution is 6.33. The average Bonchev–Trinajstić information content (AvgIpc) is 2.38. The lowest BCUT2D eigenvalue weighted by Crippen LogP contribution is -2.32. The van der Waals surface area contributed by atoms with Gasteiger partial charge in [-0.05, 0) is 19.1 Å². The summed E-state index contributed by atoms with van der Waals surface area (Å²) in [5, 5.41) is 3.77. The number of anilines is 1. The second-order valence-corrected chi connectivity index (χ2v) is 4.58. The summed E-state index contributed by atoms with van der Waals surface area (Å²) in [5.74, 6) is 0. The Labute approximate surface area is 114 Å². The average molecular weight is 280 g/mol. The van der Waals surface area contributed by atoms with Crippen LogP contribution in [0, 0.1) is 6.92 Å². The molecule has 100 valence electrons. The van der Waals surface area contributed by atoms with Crippen LogP contribution in [0.2, 0.25) is 5.02 Å². The van der Waals surface area contributed by atoms with Gasteiger partial charge in [0.05, 0.1) is 10.7 Å². The van der Waals surface area contributed by atoms with Crippen LogP contribution in [0.1, 0.15) is 5.56 Å². The number of hydrogen-bond donors (Lipinski definition) is 2. The second-order valence-electron chi connectivity index (χ2n) is 4.17. The Kier molecular flexibility index (Phi) is 4.06. The molecule has 0 amide bonds. The molecule has 2 N–H and O–H groups in total. The van der Waals surface area contributed by atoms with E-state index in [1.807, 2.05) is 18.2 Å². The lowest BCUT2D eigenvalue weighted by Gasteiger charge is -2.09. The first-order chi connectivity index (χ1) is 9.08. The lowest BCUT2D eigenvalue weighted by molar-refractivity contribution is 0.664. The van der Waals surface area contributed by atoms with Crippen LogP contribution in [0.25, 0.3) is 0 Å². The van der Waals surface area contributed by atoms with Crippen LogP contribution in [0.15, 0.2) is 40.1 Å². The molecule has 0 saturated carbocycles. The van der Waals surface area contributed by atoms with E-state index in [-0.39, 0.29) is 5.56 Å². The first-order valence-electron chi connectivity index (χ1n) is 5.86. The highest BCUT2D eigenvalue weighted by atomic mass is 35.5. The van der Waals surface area contributed by atoms with E-state index in [4.69, 9.17) is 11.6 Å². The van der Waals surface area contributed by atoms with Gasteiger partial charge >= 0.3 is 5.69 Å². The van der Waals surface area contributed by atoms with Gasteiger partial charge in [-0.15, -0.1) is 0 Å². The molecule has 1 aromatic carbocycles. The Bertz CT molecular complexity index is 691. The normalized spacial score (nSPS) is 10.4. The summed E-state index contributed by atoms with van der Waals surface area (Å²) < 4.78 is 1.46. The van der Waals surface area contributed by atoms with Crippen molar-refractivity contribution < 1.29 is 0 Å². The molecule has 1 heterocycles. The molecule has 1 aromatic heterocycles. The van der Waals surface area contributed by atoms with Crippen molar-refractivity contribution >= 4 is 17.3 Å². The predicted molar refractivity (Wildman–Crippen MR) is 76.0 cm³/mol. The topological polar surface area (TPSA) is 66.9 Å². The Morgan fingerprint density at radius 2 is 2.05 bits per heavy atom. The summed E-state index contributed by atoms with van der Waals surface area (Å²) in [4.78, 5) is 25.1. The first kappa shape index (κ1) is 13.4. The van der Waals surface area contributed by atoms with Crippen LogP contribution < -0.4 is 16.6 Å². The number of H-pyrrole nitrogens is 1. The van der Waals surface area contributed by atoms with Gasteiger partial charge in [-0.3, -0.25) is 14.3 Å². The van der Waals surface area contributed by atoms with Crippen LogP contribution in [-0.4, -0.2) is 16.1 Å². The van der Waals surface area contributed by atoms with Gasteiger partial charge in [0.25, 0.3) is 5.56 Å². The van der Waals surface area contributed by atoms with Crippen molar-refractivity contribution in [3.05, 3.63) is 61.9 Å². The van der Waals surface area contributed by atoms with Crippen molar-refractivity contribution in [2.24, 2.45) is 0 Å². The maximum Gasteiger partial charge on any atom is 0.328 e. The monoisotopic (exact) mass is 279 g/mol. The van der Waals surface area contributed by atoms with Crippen molar-refractivity contribution in [1.82, 2.24) is 9.55 Å². The second kappa shape index (κ2) is 5.75. The molecule has 0 atom stereocenters. The zero-order valence-corrected chi connectivity index (χ0v) is 11.2. The van der Waals surface area contributed by atoms with E-state index in [0.717, 1.165) is 5.69 Å². The predicted octanol–water partition coefficient (Wildman–Crippen LogP) is 1.61. The number of aromatic amines is 1. The summed E-state index contributed by atoms with van der Waals surface area (Å²) in [6.07, 6.45) is 1.55. The van der Waals surface area contributed by atoms with Crippen LogP contribution >= 0.6 is 11.6 Å². The SMILES string of the molecule is Cc1cn(CCNc2ccccc2Cl)c(=O)[nH]c1=O. The van der Waals surface area contributed by atoms with Crippen molar-refractivity contribution in [2.75, 3.05) is 11.9 Å². The highest BCUT2D eigenvalue weighted by Gasteiger charge is 2.01. The summed E-state index contributed by atoms with van der Waals surface area (Å²) >= 11 is 6.00. The van der Waals surface area contributed by atoms with E-state index in [1.165, 1.54) is 4.57 Å². The van der Waals surface area contributed by atoms with E-state index in [9.17, 15) is 9.59 Å². The zero-order chi connectivity index (χ0) is 13.8. The van der Waals surface area contributed by atoms with E-state index < -0.39 is 5.69 Å². The van der Waals surface area contributed by atoms with Crippen LogP contribution in [0.3, 0.4) is 0 Å². The first-order valence-corrected chi connectivity index (χ1v) is 6.24. The fraction of sp³-hybridized carbons (Fsp3) is 0.231. The largest absolute Gasteiger partial charge is 0.382 e. The van der Waals surface area contributed by atoms with Gasteiger partial charge in [0, 0.05) is 24.8 Å². The van der Waals surface area contributed by atoms with E-state index in [0.29, 0.717) is 23.7 Å². The van der Waals surface area contributed by atoms with E-state index in [2.05, 4.69) is 10.3 Å². The number of nitrogens with zero attached hydrogens (tertiary/aromatic N) is 1. The molecule has 0 spiro atoms. The number of halogens is 1. The minimum absolute atomic E-state index is 0.347. The maximum absolute atomic E-state index is 11.6. The van der Waals surface area contributed by atoms with Crippen molar-refractivity contribution in [3.8, 4) is 0 Å². The third-order valence-electron chi connectivity index (χ3n) is 2.73. The molecule has 2 aromatic rings. The van der Waals surface area contributed by atoms with Gasteiger partial charge in [-0.1, -0.05) is 23.7 Å². The summed E-state index contributed by atoms with van der Waals surface area (Å²) in [6, 6.07) is 7.39. The molecule has 5 nitrogen and oxygen atoms in total. The number of aryl methyl sites for hydroxylation is 1. The number of hydrogen-bond acceptors (Lipinski definition) is 3.